The molecule has 0 spiro atoms. The highest BCUT2D eigenvalue weighted by atomic mass is 127. The highest BCUT2D eigenvalue weighted by molar-refractivity contribution is 14.1. The smallest absolute Gasteiger partial charge is 0.316 e. The Hall–Kier alpha value is -4.37. The monoisotopic (exact) mass is 678 g/mol. The molecule has 0 radical (unpaired) electrons. The number of fused-ring (bicyclic) bond motifs is 3. The van der Waals surface area contributed by atoms with Crippen molar-refractivity contribution in [1.29, 1.82) is 0 Å². The summed E-state index contributed by atoms with van der Waals surface area (Å²) in [5.74, 6) is -0.214. The van der Waals surface area contributed by atoms with Crippen LogP contribution in [0.2, 0.25) is 0 Å². The number of aromatic amines is 1. The van der Waals surface area contributed by atoms with Gasteiger partial charge in [0, 0.05) is 28.2 Å². The molecule has 0 fully saturated rings. The summed E-state index contributed by atoms with van der Waals surface area (Å²) in [5, 5.41) is 8.00. The number of halogens is 1. The molecule has 43 heavy (non-hydrogen) atoms. The molecule has 4 aromatic rings. The van der Waals surface area contributed by atoms with Crippen LogP contribution < -0.4 is 0 Å². The van der Waals surface area contributed by atoms with E-state index in [9.17, 15) is 4.79 Å². The lowest BCUT2D eigenvalue weighted by Gasteiger charge is -2.33. The predicted molar refractivity (Wildman–Crippen MR) is 179 cm³/mol. The van der Waals surface area contributed by atoms with Gasteiger partial charge in [0.25, 0.3) is 0 Å². The number of carbonyl (C=O) groups is 1. The summed E-state index contributed by atoms with van der Waals surface area (Å²) in [5.41, 5.74) is 5.66. The van der Waals surface area contributed by atoms with Gasteiger partial charge in [0.05, 0.1) is 22.7 Å². The molecule has 2 aliphatic carbocycles. The predicted octanol–water partition coefficient (Wildman–Crippen LogP) is 8.27. The van der Waals surface area contributed by atoms with Crippen molar-refractivity contribution >= 4 is 39.6 Å². The Labute approximate surface area is 264 Å². The number of nitrogens with zero attached hydrogens (tertiary/aromatic N) is 3. The fraction of sp³-hybridized carbons (Fsp3) is 0.167. The Morgan fingerprint density at radius 2 is 1.60 bits per heavy atom. The topological polar surface area (TPSA) is 80.8 Å². The van der Waals surface area contributed by atoms with E-state index in [0.717, 1.165) is 38.9 Å². The lowest BCUT2D eigenvalue weighted by Crippen LogP contribution is -2.38. The van der Waals surface area contributed by atoms with E-state index in [4.69, 9.17) is 9.72 Å². The number of esters is 1. The molecule has 2 aromatic heterocycles. The number of benzene rings is 2. The Morgan fingerprint density at radius 3 is 2.44 bits per heavy atom. The van der Waals surface area contributed by atoms with Gasteiger partial charge >= 0.3 is 5.97 Å². The molecular formula is C36H31IN4O2. The van der Waals surface area contributed by atoms with Crippen LogP contribution in [0, 0.1) is 3.83 Å². The third kappa shape index (κ3) is 6.67. The van der Waals surface area contributed by atoms with E-state index in [-0.39, 0.29) is 12.6 Å². The Bertz CT molecular complexity index is 1810. The van der Waals surface area contributed by atoms with E-state index in [1.54, 1.807) is 6.20 Å². The van der Waals surface area contributed by atoms with Gasteiger partial charge in [-0.15, -0.1) is 0 Å². The van der Waals surface area contributed by atoms with Gasteiger partial charge in [0.2, 0.25) is 0 Å². The van der Waals surface area contributed by atoms with Crippen LogP contribution in [-0.4, -0.2) is 26.1 Å². The van der Waals surface area contributed by atoms with E-state index in [1.165, 1.54) is 0 Å². The number of hydrogen-bond acceptors (Lipinski definition) is 5. The number of allylic oxidation sites excluding steroid dienone is 12. The standard InChI is InChI=1S/C36H31IN4O2/c37-35-39-32(31-24-38-41-33(31)40-35)29-17-10-18-30(23-29)36(34(42)43-25-28-13-7-4-8-14-28)21-19-26-11-5-2-1-3-6-12-27(20-22-36)16-9-15-26/h1-18,23-24H,19-22,25H2,(H,38,39,40,41)/b2-1-,3-1?,5-2?,6-3-,11-5+,12-6?,15-9?,16-9-,26-11?,26-15+,27-12-,27-16?. The van der Waals surface area contributed by atoms with Crippen molar-refractivity contribution in [2.45, 2.75) is 37.7 Å². The summed E-state index contributed by atoms with van der Waals surface area (Å²) in [6.07, 6.45) is 25.2. The molecule has 1 atom stereocenters. The molecular weight excluding hydrogens is 647 g/mol. The average Bonchev–Trinajstić information content (AvgIpc) is 3.50. The summed E-state index contributed by atoms with van der Waals surface area (Å²) in [6, 6.07) is 18.1. The fourth-order valence-corrected chi connectivity index (χ4v) is 6.08. The largest absolute Gasteiger partial charge is 0.460 e. The SMILES string of the molecule is O=C(OCc1ccccc1)C1(c2cccc(-c3nc(I)nc4[nH]ncc34)c2)CCC2=C/C=C\C(=C\C=C/C=C\C=C\2)CC1. The first-order valence-corrected chi connectivity index (χ1v) is 15.5. The molecule has 1 unspecified atom stereocenters. The van der Waals surface area contributed by atoms with E-state index in [1.807, 2.05) is 72.8 Å². The van der Waals surface area contributed by atoms with Crippen LogP contribution in [0.15, 0.2) is 133 Å². The van der Waals surface area contributed by atoms with Gasteiger partial charge in [-0.3, -0.25) is 9.89 Å². The summed E-state index contributed by atoms with van der Waals surface area (Å²) >= 11 is 2.13. The number of hydrogen-bond donors (Lipinski definition) is 1. The van der Waals surface area contributed by atoms with Crippen molar-refractivity contribution in [2.24, 2.45) is 0 Å². The zero-order valence-electron chi connectivity index (χ0n) is 23.6. The number of aromatic nitrogens is 4. The quantitative estimate of drug-likeness (QED) is 0.131. The Morgan fingerprint density at radius 1 is 0.860 bits per heavy atom. The van der Waals surface area contributed by atoms with Gasteiger partial charge < -0.3 is 4.74 Å². The van der Waals surface area contributed by atoms with Crippen molar-refractivity contribution in [3.05, 3.63) is 148 Å². The molecule has 0 saturated heterocycles. The van der Waals surface area contributed by atoms with Gasteiger partial charge in [-0.05, 0) is 54.0 Å². The van der Waals surface area contributed by atoms with Crippen molar-refractivity contribution < 1.29 is 9.53 Å². The van der Waals surface area contributed by atoms with Crippen LogP contribution in [0.25, 0.3) is 22.3 Å². The van der Waals surface area contributed by atoms with Gasteiger partial charge in [-0.1, -0.05) is 109 Å². The van der Waals surface area contributed by atoms with Gasteiger partial charge in [-0.25, -0.2) is 9.97 Å². The normalized spacial score (nSPS) is 24.0. The maximum Gasteiger partial charge on any atom is 0.316 e. The molecule has 214 valence electrons. The van der Waals surface area contributed by atoms with Crippen molar-refractivity contribution in [3.8, 4) is 11.3 Å². The minimum Gasteiger partial charge on any atom is -0.460 e. The third-order valence-electron chi connectivity index (χ3n) is 7.94. The number of nitrogens with one attached hydrogen (secondary N) is 1. The fourth-order valence-electron chi connectivity index (χ4n) is 5.59. The molecule has 6 nitrogen and oxygen atoms in total. The van der Waals surface area contributed by atoms with Crippen LogP contribution in [0.3, 0.4) is 0 Å². The maximum absolute atomic E-state index is 14.5. The second-order valence-corrected chi connectivity index (χ2v) is 11.6. The molecule has 2 aliphatic rings. The first-order valence-electron chi connectivity index (χ1n) is 14.4. The molecule has 2 aromatic carbocycles. The van der Waals surface area contributed by atoms with Crippen molar-refractivity contribution in [3.63, 3.8) is 0 Å². The molecule has 2 bridgehead atoms. The minimum absolute atomic E-state index is 0.214. The van der Waals surface area contributed by atoms with Gasteiger partial charge in [-0.2, -0.15) is 5.10 Å². The van der Waals surface area contributed by atoms with Crippen LogP contribution in [0.5, 0.6) is 0 Å². The second kappa shape index (κ2) is 13.3. The van der Waals surface area contributed by atoms with Crippen molar-refractivity contribution in [1.82, 2.24) is 20.2 Å². The lowest BCUT2D eigenvalue weighted by molar-refractivity contribution is -0.152. The Balaban J connectivity index is 1.46. The van der Waals surface area contributed by atoms with Crippen LogP contribution >= 0.6 is 22.6 Å². The van der Waals surface area contributed by atoms with E-state index < -0.39 is 5.41 Å². The first-order chi connectivity index (χ1) is 21.1. The zero-order chi connectivity index (χ0) is 29.5. The molecule has 6 rings (SSSR count). The summed E-state index contributed by atoms with van der Waals surface area (Å²) in [6.45, 7) is 0.222. The number of carbonyl (C=O) groups excluding carboxylic acids is 1. The molecule has 0 aliphatic heterocycles. The highest BCUT2D eigenvalue weighted by Crippen LogP contribution is 2.41. The average molecular weight is 679 g/mol. The van der Waals surface area contributed by atoms with E-state index >= 15 is 0 Å². The Kier molecular flexibility index (Phi) is 8.88. The minimum atomic E-state index is -0.888. The third-order valence-corrected chi connectivity index (χ3v) is 8.42. The van der Waals surface area contributed by atoms with Crippen molar-refractivity contribution in [2.75, 3.05) is 0 Å². The lowest BCUT2D eigenvalue weighted by atomic mass is 9.71. The summed E-state index contributed by atoms with van der Waals surface area (Å²) < 4.78 is 6.78. The number of ether oxygens (including phenoxy) is 1. The van der Waals surface area contributed by atoms with Gasteiger partial charge in [0.1, 0.15) is 6.61 Å². The summed E-state index contributed by atoms with van der Waals surface area (Å²) in [7, 11) is 0. The zero-order valence-corrected chi connectivity index (χ0v) is 25.8. The molecule has 1 N–H and O–H groups in total. The highest BCUT2D eigenvalue weighted by Gasteiger charge is 2.41. The van der Waals surface area contributed by atoms with Gasteiger partial charge in [0.15, 0.2) is 9.48 Å². The molecule has 0 amide bonds. The molecule has 7 heteroatoms. The van der Waals surface area contributed by atoms with Crippen LogP contribution in [0.1, 0.15) is 36.8 Å². The number of rotatable bonds is 5. The second-order valence-electron chi connectivity index (χ2n) is 10.7. The van der Waals surface area contributed by atoms with E-state index in [2.05, 4.69) is 80.3 Å². The number of H-pyrrole nitrogens is 1. The first kappa shape index (κ1) is 28.7. The maximum atomic E-state index is 14.5. The van der Waals surface area contributed by atoms with E-state index in [0.29, 0.717) is 35.2 Å². The van der Waals surface area contributed by atoms with Crippen LogP contribution in [-0.2, 0) is 21.6 Å². The molecule has 0 saturated carbocycles. The molecule has 2 heterocycles. The summed E-state index contributed by atoms with van der Waals surface area (Å²) in [4.78, 5) is 23.7. The van der Waals surface area contributed by atoms with Crippen LogP contribution in [0.4, 0.5) is 0 Å².